The number of nitrogens with zero attached hydrogens (tertiary/aromatic N) is 1. The number of benzene rings is 2. The molecule has 3 amide bonds. The molecule has 1 atom stereocenters. The Balaban J connectivity index is 1.68. The van der Waals surface area contributed by atoms with E-state index in [2.05, 4.69) is 10.6 Å². The fraction of sp³-hybridized carbons (Fsp3) is 0.318. The van der Waals surface area contributed by atoms with Gasteiger partial charge in [-0.2, -0.15) is 0 Å². The minimum Gasteiger partial charge on any atom is -0.352 e. The van der Waals surface area contributed by atoms with Crippen LogP contribution >= 0.6 is 0 Å². The standard InChI is InChI=1S/C22H24FN3O3/c1-14(2)24-21(28)19-8-5-13-26(19)22(29)15-9-11-16(12-10-15)25-20(27)17-6-3-4-7-18(17)23/h3-4,6-7,9-12,14,19H,5,8,13H2,1-2H3,(H,24,28)(H,25,27). The molecule has 152 valence electrons. The molecule has 2 aromatic carbocycles. The summed E-state index contributed by atoms with van der Waals surface area (Å²) >= 11 is 0. The molecule has 7 heteroatoms. The summed E-state index contributed by atoms with van der Waals surface area (Å²) in [5.41, 5.74) is 0.826. The van der Waals surface area contributed by atoms with E-state index in [4.69, 9.17) is 0 Å². The topological polar surface area (TPSA) is 78.5 Å². The van der Waals surface area contributed by atoms with Crippen molar-refractivity contribution in [2.24, 2.45) is 0 Å². The van der Waals surface area contributed by atoms with Gasteiger partial charge in [0.1, 0.15) is 11.9 Å². The lowest BCUT2D eigenvalue weighted by atomic mass is 10.1. The molecule has 6 nitrogen and oxygen atoms in total. The second-order valence-corrected chi connectivity index (χ2v) is 7.33. The number of anilines is 1. The third-order valence-electron chi connectivity index (χ3n) is 4.76. The number of carbonyl (C=O) groups excluding carboxylic acids is 3. The van der Waals surface area contributed by atoms with Crippen LogP contribution in [0.5, 0.6) is 0 Å². The number of likely N-dealkylation sites (tertiary alicyclic amines) is 1. The van der Waals surface area contributed by atoms with E-state index in [-0.39, 0.29) is 23.4 Å². The number of nitrogens with one attached hydrogen (secondary N) is 2. The van der Waals surface area contributed by atoms with Crippen LogP contribution in [0.25, 0.3) is 0 Å². The summed E-state index contributed by atoms with van der Waals surface area (Å²) in [6, 6.07) is 11.6. The first-order valence-corrected chi connectivity index (χ1v) is 9.64. The summed E-state index contributed by atoms with van der Waals surface area (Å²) in [6.07, 6.45) is 1.42. The summed E-state index contributed by atoms with van der Waals surface area (Å²) in [7, 11) is 0. The number of carbonyl (C=O) groups is 3. The van der Waals surface area contributed by atoms with Crippen LogP contribution in [0.3, 0.4) is 0 Å². The molecule has 0 aliphatic carbocycles. The van der Waals surface area contributed by atoms with Gasteiger partial charge in [-0.3, -0.25) is 14.4 Å². The zero-order valence-corrected chi connectivity index (χ0v) is 16.4. The van der Waals surface area contributed by atoms with E-state index in [0.29, 0.717) is 24.2 Å². The van der Waals surface area contributed by atoms with Crippen LogP contribution in [-0.4, -0.2) is 41.2 Å². The minimum absolute atomic E-state index is 0.0115. The molecular formula is C22H24FN3O3. The molecule has 1 saturated heterocycles. The Bertz CT molecular complexity index is 912. The van der Waals surface area contributed by atoms with Crippen LogP contribution in [0.4, 0.5) is 10.1 Å². The van der Waals surface area contributed by atoms with E-state index in [1.807, 2.05) is 13.8 Å². The molecule has 1 aliphatic heterocycles. The molecule has 0 spiro atoms. The molecule has 1 heterocycles. The van der Waals surface area contributed by atoms with Gasteiger partial charge >= 0.3 is 0 Å². The maximum atomic E-state index is 13.7. The van der Waals surface area contributed by atoms with Crippen molar-refractivity contribution in [3.63, 3.8) is 0 Å². The Morgan fingerprint density at radius 1 is 1.07 bits per heavy atom. The lowest BCUT2D eigenvalue weighted by molar-refractivity contribution is -0.125. The number of rotatable bonds is 5. The Kier molecular flexibility index (Phi) is 6.26. The maximum absolute atomic E-state index is 13.7. The van der Waals surface area contributed by atoms with Crippen molar-refractivity contribution >= 4 is 23.4 Å². The predicted molar refractivity (Wildman–Crippen MR) is 108 cm³/mol. The lowest BCUT2D eigenvalue weighted by Crippen LogP contribution is -2.47. The van der Waals surface area contributed by atoms with E-state index in [0.717, 1.165) is 6.42 Å². The first-order chi connectivity index (χ1) is 13.9. The highest BCUT2D eigenvalue weighted by atomic mass is 19.1. The van der Waals surface area contributed by atoms with E-state index in [1.54, 1.807) is 35.2 Å². The monoisotopic (exact) mass is 397 g/mol. The zero-order valence-electron chi connectivity index (χ0n) is 16.4. The van der Waals surface area contributed by atoms with Crippen molar-refractivity contribution in [1.29, 1.82) is 0 Å². The van der Waals surface area contributed by atoms with Gasteiger partial charge in [-0.25, -0.2) is 4.39 Å². The van der Waals surface area contributed by atoms with Crippen molar-refractivity contribution in [3.8, 4) is 0 Å². The van der Waals surface area contributed by atoms with E-state index in [9.17, 15) is 18.8 Å². The van der Waals surface area contributed by atoms with Gasteiger partial charge in [0.2, 0.25) is 5.91 Å². The summed E-state index contributed by atoms with van der Waals surface area (Å²) in [5, 5.41) is 5.48. The smallest absolute Gasteiger partial charge is 0.258 e. The van der Waals surface area contributed by atoms with Gasteiger partial charge in [0.15, 0.2) is 0 Å². The van der Waals surface area contributed by atoms with Gasteiger partial charge < -0.3 is 15.5 Å². The van der Waals surface area contributed by atoms with Crippen LogP contribution in [0.1, 0.15) is 47.4 Å². The number of hydrogen-bond donors (Lipinski definition) is 2. The van der Waals surface area contributed by atoms with Crippen LogP contribution < -0.4 is 10.6 Å². The quantitative estimate of drug-likeness (QED) is 0.813. The zero-order chi connectivity index (χ0) is 21.0. The molecule has 1 unspecified atom stereocenters. The fourth-order valence-electron chi connectivity index (χ4n) is 3.37. The Morgan fingerprint density at radius 3 is 2.41 bits per heavy atom. The van der Waals surface area contributed by atoms with Gasteiger partial charge in [0, 0.05) is 23.8 Å². The molecule has 0 aromatic heterocycles. The highest BCUT2D eigenvalue weighted by Gasteiger charge is 2.34. The summed E-state index contributed by atoms with van der Waals surface area (Å²) in [6.45, 7) is 4.29. The summed E-state index contributed by atoms with van der Waals surface area (Å²) in [5.74, 6) is -1.53. The van der Waals surface area contributed by atoms with E-state index in [1.165, 1.54) is 18.2 Å². The van der Waals surface area contributed by atoms with Crippen molar-refractivity contribution in [2.75, 3.05) is 11.9 Å². The highest BCUT2D eigenvalue weighted by molar-refractivity contribution is 6.05. The second kappa shape index (κ2) is 8.86. The molecule has 0 radical (unpaired) electrons. The predicted octanol–water partition coefficient (Wildman–Crippen LogP) is 3.21. The number of halogens is 1. The van der Waals surface area contributed by atoms with Crippen molar-refractivity contribution < 1.29 is 18.8 Å². The lowest BCUT2D eigenvalue weighted by Gasteiger charge is -2.25. The maximum Gasteiger partial charge on any atom is 0.258 e. The van der Waals surface area contributed by atoms with E-state index < -0.39 is 17.8 Å². The van der Waals surface area contributed by atoms with Gasteiger partial charge in [0.25, 0.3) is 11.8 Å². The average Bonchev–Trinajstić information content (AvgIpc) is 3.18. The van der Waals surface area contributed by atoms with E-state index >= 15 is 0 Å². The SMILES string of the molecule is CC(C)NC(=O)C1CCCN1C(=O)c1ccc(NC(=O)c2ccccc2F)cc1. The van der Waals surface area contributed by atoms with Crippen LogP contribution in [0.15, 0.2) is 48.5 Å². The number of hydrogen-bond acceptors (Lipinski definition) is 3. The van der Waals surface area contributed by atoms with Crippen LogP contribution in [0, 0.1) is 5.82 Å². The van der Waals surface area contributed by atoms with Crippen molar-refractivity contribution in [1.82, 2.24) is 10.2 Å². The van der Waals surface area contributed by atoms with Crippen LogP contribution in [0.2, 0.25) is 0 Å². The van der Waals surface area contributed by atoms with Gasteiger partial charge in [-0.1, -0.05) is 12.1 Å². The van der Waals surface area contributed by atoms with Gasteiger partial charge in [0.05, 0.1) is 5.56 Å². The molecule has 1 fully saturated rings. The Labute approximate surface area is 169 Å². The molecular weight excluding hydrogens is 373 g/mol. The molecule has 3 rings (SSSR count). The molecule has 29 heavy (non-hydrogen) atoms. The third-order valence-corrected chi connectivity index (χ3v) is 4.76. The average molecular weight is 397 g/mol. The Hall–Kier alpha value is -3.22. The fourth-order valence-corrected chi connectivity index (χ4v) is 3.37. The molecule has 2 N–H and O–H groups in total. The molecule has 1 aliphatic rings. The Morgan fingerprint density at radius 2 is 1.76 bits per heavy atom. The second-order valence-electron chi connectivity index (χ2n) is 7.33. The normalized spacial score (nSPS) is 16.0. The molecule has 0 saturated carbocycles. The number of amides is 3. The van der Waals surface area contributed by atoms with Crippen LogP contribution in [-0.2, 0) is 4.79 Å². The first kappa shape index (κ1) is 20.5. The largest absolute Gasteiger partial charge is 0.352 e. The summed E-state index contributed by atoms with van der Waals surface area (Å²) in [4.78, 5) is 39.0. The molecule has 2 aromatic rings. The molecule has 0 bridgehead atoms. The first-order valence-electron chi connectivity index (χ1n) is 9.64. The summed E-state index contributed by atoms with van der Waals surface area (Å²) < 4.78 is 13.7. The van der Waals surface area contributed by atoms with Gasteiger partial charge in [-0.05, 0) is 63.1 Å². The minimum atomic E-state index is -0.600. The third kappa shape index (κ3) is 4.80. The van der Waals surface area contributed by atoms with Crippen molar-refractivity contribution in [3.05, 3.63) is 65.5 Å². The van der Waals surface area contributed by atoms with Gasteiger partial charge in [-0.15, -0.1) is 0 Å². The van der Waals surface area contributed by atoms with Crippen molar-refractivity contribution in [2.45, 2.75) is 38.8 Å². The highest BCUT2D eigenvalue weighted by Crippen LogP contribution is 2.22.